The first-order valence-electron chi connectivity index (χ1n) is 6.30. The van der Waals surface area contributed by atoms with Crippen LogP contribution in [0, 0.1) is 5.92 Å². The van der Waals surface area contributed by atoms with Crippen LogP contribution in [0.15, 0.2) is 24.3 Å². The van der Waals surface area contributed by atoms with Gasteiger partial charge in [-0.3, -0.25) is 4.79 Å². The second-order valence-electron chi connectivity index (χ2n) is 4.84. The minimum Gasteiger partial charge on any atom is -0.492 e. The summed E-state index contributed by atoms with van der Waals surface area (Å²) >= 11 is 5.85. The molecular weight excluding hydrogens is 264 g/mol. The maximum Gasteiger partial charge on any atom is 0.239 e. The van der Waals surface area contributed by atoms with E-state index in [1.165, 1.54) is 0 Å². The Balaban J connectivity index is 2.38. The van der Waals surface area contributed by atoms with E-state index in [2.05, 4.69) is 0 Å². The Morgan fingerprint density at radius 1 is 1.47 bits per heavy atom. The number of carbonyl (C=O) groups is 1. The second kappa shape index (κ2) is 7.36. The molecule has 0 fully saturated rings. The molecule has 0 radical (unpaired) electrons. The van der Waals surface area contributed by atoms with Crippen molar-refractivity contribution >= 4 is 17.5 Å². The summed E-state index contributed by atoms with van der Waals surface area (Å²) in [6.45, 7) is 4.76. The molecule has 0 aliphatic rings. The highest BCUT2D eigenvalue weighted by Gasteiger charge is 2.20. The average Bonchev–Trinajstić information content (AvgIpc) is 2.36. The van der Waals surface area contributed by atoms with Crippen molar-refractivity contribution < 1.29 is 9.53 Å². The summed E-state index contributed by atoms with van der Waals surface area (Å²) in [5.41, 5.74) is 5.81. The van der Waals surface area contributed by atoms with Gasteiger partial charge in [0.05, 0.1) is 12.6 Å². The van der Waals surface area contributed by atoms with E-state index in [9.17, 15) is 4.79 Å². The Morgan fingerprint density at radius 2 is 2.16 bits per heavy atom. The van der Waals surface area contributed by atoms with E-state index >= 15 is 0 Å². The van der Waals surface area contributed by atoms with Crippen LogP contribution in [0.5, 0.6) is 5.75 Å². The number of likely N-dealkylation sites (N-methyl/N-ethyl adjacent to an activating group) is 1. The number of hydrogen-bond donors (Lipinski definition) is 1. The summed E-state index contributed by atoms with van der Waals surface area (Å²) in [6, 6.07) is 6.71. The van der Waals surface area contributed by atoms with Gasteiger partial charge >= 0.3 is 0 Å². The van der Waals surface area contributed by atoms with E-state index in [1.54, 1.807) is 24.1 Å². The number of amides is 1. The predicted molar refractivity (Wildman–Crippen MR) is 77.4 cm³/mol. The maximum atomic E-state index is 11.9. The van der Waals surface area contributed by atoms with Crippen molar-refractivity contribution in [2.24, 2.45) is 11.7 Å². The molecule has 0 saturated heterocycles. The molecule has 1 aromatic carbocycles. The molecule has 0 heterocycles. The highest BCUT2D eigenvalue weighted by Crippen LogP contribution is 2.16. The van der Waals surface area contributed by atoms with Crippen molar-refractivity contribution in [3.63, 3.8) is 0 Å². The van der Waals surface area contributed by atoms with Crippen molar-refractivity contribution in [1.29, 1.82) is 0 Å². The molecule has 19 heavy (non-hydrogen) atoms. The quantitative estimate of drug-likeness (QED) is 0.871. The zero-order valence-electron chi connectivity index (χ0n) is 11.6. The Bertz CT molecular complexity index is 424. The third kappa shape index (κ3) is 5.09. The Kier molecular flexibility index (Phi) is 6.12. The van der Waals surface area contributed by atoms with Gasteiger partial charge in [0.25, 0.3) is 0 Å². The van der Waals surface area contributed by atoms with Crippen LogP contribution in [-0.2, 0) is 4.79 Å². The molecule has 1 aromatic rings. The normalized spacial score (nSPS) is 12.3. The number of hydrogen-bond acceptors (Lipinski definition) is 3. The van der Waals surface area contributed by atoms with Gasteiger partial charge in [0.2, 0.25) is 5.91 Å². The second-order valence-corrected chi connectivity index (χ2v) is 5.27. The molecule has 0 aliphatic carbocycles. The molecule has 1 atom stereocenters. The molecule has 0 spiro atoms. The molecule has 1 amide bonds. The van der Waals surface area contributed by atoms with Crippen molar-refractivity contribution in [2.45, 2.75) is 19.9 Å². The molecule has 4 nitrogen and oxygen atoms in total. The summed E-state index contributed by atoms with van der Waals surface area (Å²) < 4.78 is 5.53. The number of carbonyl (C=O) groups excluding carboxylic acids is 1. The SMILES string of the molecule is CC(C)[C@@H](N)C(=O)N(C)CCOc1cccc(Cl)c1. The lowest BCUT2D eigenvalue weighted by Gasteiger charge is -2.23. The van der Waals surface area contributed by atoms with Crippen LogP contribution < -0.4 is 10.5 Å². The molecule has 0 unspecified atom stereocenters. The molecule has 0 aliphatic heterocycles. The van der Waals surface area contributed by atoms with Gasteiger partial charge in [-0.2, -0.15) is 0 Å². The molecule has 1 rings (SSSR count). The smallest absolute Gasteiger partial charge is 0.239 e. The largest absolute Gasteiger partial charge is 0.492 e. The van der Waals surface area contributed by atoms with E-state index in [0.717, 1.165) is 0 Å². The lowest BCUT2D eigenvalue weighted by atomic mass is 10.0. The minimum absolute atomic E-state index is 0.0651. The first kappa shape index (κ1) is 15.8. The Morgan fingerprint density at radius 3 is 2.74 bits per heavy atom. The van der Waals surface area contributed by atoms with E-state index in [-0.39, 0.29) is 11.8 Å². The van der Waals surface area contributed by atoms with Crippen LogP contribution in [0.3, 0.4) is 0 Å². The average molecular weight is 285 g/mol. The van der Waals surface area contributed by atoms with E-state index in [1.807, 2.05) is 26.0 Å². The third-order valence-electron chi connectivity index (χ3n) is 2.87. The first-order chi connectivity index (χ1) is 8.91. The van der Waals surface area contributed by atoms with Crippen molar-refractivity contribution in [3.05, 3.63) is 29.3 Å². The zero-order chi connectivity index (χ0) is 14.4. The van der Waals surface area contributed by atoms with E-state index in [4.69, 9.17) is 22.1 Å². The summed E-state index contributed by atoms with van der Waals surface area (Å²) in [7, 11) is 1.73. The zero-order valence-corrected chi connectivity index (χ0v) is 12.4. The number of ether oxygens (including phenoxy) is 1. The van der Waals surface area contributed by atoms with Crippen LogP contribution in [0.2, 0.25) is 5.02 Å². The highest BCUT2D eigenvalue weighted by molar-refractivity contribution is 6.30. The standard InChI is InChI=1S/C14H21ClN2O2/c1-10(2)13(16)14(18)17(3)7-8-19-12-6-4-5-11(15)9-12/h4-6,9-10,13H,7-8,16H2,1-3H3/t13-/m1/s1. The van der Waals surface area contributed by atoms with Crippen molar-refractivity contribution in [3.8, 4) is 5.75 Å². The molecule has 0 saturated carbocycles. The lowest BCUT2D eigenvalue weighted by molar-refractivity contribution is -0.132. The monoisotopic (exact) mass is 284 g/mol. The van der Waals surface area contributed by atoms with Gasteiger partial charge in [-0.1, -0.05) is 31.5 Å². The van der Waals surface area contributed by atoms with Crippen molar-refractivity contribution in [2.75, 3.05) is 20.2 Å². The van der Waals surface area contributed by atoms with Crippen LogP contribution >= 0.6 is 11.6 Å². The van der Waals surface area contributed by atoms with Crippen LogP contribution in [-0.4, -0.2) is 37.0 Å². The summed E-state index contributed by atoms with van der Waals surface area (Å²) in [5, 5.41) is 0.628. The third-order valence-corrected chi connectivity index (χ3v) is 3.11. The highest BCUT2D eigenvalue weighted by atomic mass is 35.5. The Hall–Kier alpha value is -1.26. The topological polar surface area (TPSA) is 55.6 Å². The molecular formula is C14H21ClN2O2. The number of benzene rings is 1. The summed E-state index contributed by atoms with van der Waals surface area (Å²) in [5.74, 6) is 0.759. The number of nitrogens with zero attached hydrogens (tertiary/aromatic N) is 1. The van der Waals surface area contributed by atoms with Crippen LogP contribution in [0.4, 0.5) is 0 Å². The number of nitrogens with two attached hydrogens (primary N) is 1. The molecule has 2 N–H and O–H groups in total. The first-order valence-corrected chi connectivity index (χ1v) is 6.68. The molecule has 106 valence electrons. The fourth-order valence-electron chi connectivity index (χ4n) is 1.51. The van der Waals surface area contributed by atoms with Crippen LogP contribution in [0.25, 0.3) is 0 Å². The van der Waals surface area contributed by atoms with Gasteiger partial charge in [-0.25, -0.2) is 0 Å². The van der Waals surface area contributed by atoms with E-state index < -0.39 is 6.04 Å². The summed E-state index contributed by atoms with van der Waals surface area (Å²) in [4.78, 5) is 13.5. The van der Waals surface area contributed by atoms with Gasteiger partial charge in [0, 0.05) is 12.1 Å². The van der Waals surface area contributed by atoms with Gasteiger partial charge < -0.3 is 15.4 Å². The molecule has 0 aromatic heterocycles. The fourth-order valence-corrected chi connectivity index (χ4v) is 1.69. The lowest BCUT2D eigenvalue weighted by Crippen LogP contribution is -2.46. The number of halogens is 1. The van der Waals surface area contributed by atoms with Gasteiger partial charge in [0.1, 0.15) is 12.4 Å². The summed E-state index contributed by atoms with van der Waals surface area (Å²) in [6.07, 6.45) is 0. The predicted octanol–water partition coefficient (Wildman–Crippen LogP) is 2.16. The van der Waals surface area contributed by atoms with Gasteiger partial charge in [-0.05, 0) is 24.1 Å². The fraction of sp³-hybridized carbons (Fsp3) is 0.500. The molecule has 0 bridgehead atoms. The van der Waals surface area contributed by atoms with E-state index in [0.29, 0.717) is 23.9 Å². The minimum atomic E-state index is -0.462. The maximum absolute atomic E-state index is 11.9. The number of rotatable bonds is 6. The van der Waals surface area contributed by atoms with Gasteiger partial charge in [-0.15, -0.1) is 0 Å². The Labute approximate surface area is 119 Å². The van der Waals surface area contributed by atoms with Crippen molar-refractivity contribution in [1.82, 2.24) is 4.90 Å². The van der Waals surface area contributed by atoms with Crippen LogP contribution in [0.1, 0.15) is 13.8 Å². The van der Waals surface area contributed by atoms with Gasteiger partial charge in [0.15, 0.2) is 0 Å². The molecule has 5 heteroatoms.